The number of para-hydroxylation sites is 1. The zero-order valence-electron chi connectivity index (χ0n) is 6.27. The molecule has 0 aliphatic carbocycles. The van der Waals surface area contributed by atoms with Crippen LogP contribution in [0.1, 0.15) is 0 Å². The zero-order chi connectivity index (χ0) is 8.69. The maximum Gasteiger partial charge on any atom is 2.00 e. The second-order valence-electron chi connectivity index (χ2n) is 1.59. The molecular formula is C7H6CaO4. The smallest absolute Gasteiger partial charge is 0.652 e. The first-order chi connectivity index (χ1) is 5.13. The molecule has 12 heavy (non-hydrogen) atoms. The summed E-state index contributed by atoms with van der Waals surface area (Å²) in [4.78, 5) is 8.33. The van der Waals surface area contributed by atoms with Gasteiger partial charge in [0.05, 0.1) is 0 Å². The van der Waals surface area contributed by atoms with Crippen LogP contribution in [0.4, 0.5) is 4.79 Å². The number of phenols is 1. The minimum atomic E-state index is -2.33. The van der Waals surface area contributed by atoms with Crippen LogP contribution in [0.3, 0.4) is 0 Å². The van der Waals surface area contributed by atoms with Crippen molar-refractivity contribution >= 4 is 43.9 Å². The minimum absolute atomic E-state index is 0. The number of aromatic hydroxyl groups is 1. The first-order valence-corrected chi connectivity index (χ1v) is 2.75. The first kappa shape index (κ1) is 14.1. The molecule has 0 unspecified atom stereocenters. The summed E-state index contributed by atoms with van der Waals surface area (Å²) in [6, 6.07) is 8.71. The van der Waals surface area contributed by atoms with E-state index in [4.69, 9.17) is 20.1 Å². The molecule has 0 bridgehead atoms. The number of hydrogen-bond acceptors (Lipinski definition) is 4. The molecule has 60 valence electrons. The number of carbonyl (C=O) groups is 1. The quantitative estimate of drug-likeness (QED) is 0.513. The number of benzene rings is 1. The summed E-state index contributed by atoms with van der Waals surface area (Å²) in [6.07, 6.45) is -2.33. The zero-order valence-corrected chi connectivity index (χ0v) is 8.47. The van der Waals surface area contributed by atoms with Crippen LogP contribution in [0.2, 0.25) is 0 Å². The van der Waals surface area contributed by atoms with Crippen LogP contribution in [0.15, 0.2) is 30.3 Å². The van der Waals surface area contributed by atoms with Crippen LogP contribution < -0.4 is 10.2 Å². The van der Waals surface area contributed by atoms with Gasteiger partial charge in [-0.25, -0.2) is 0 Å². The van der Waals surface area contributed by atoms with Gasteiger partial charge >= 0.3 is 37.7 Å². The molecule has 1 N–H and O–H groups in total. The largest absolute Gasteiger partial charge is 2.00 e. The van der Waals surface area contributed by atoms with E-state index in [0.717, 1.165) is 0 Å². The third kappa shape index (κ3) is 12.2. The maximum atomic E-state index is 8.63. The molecule has 0 spiro atoms. The second kappa shape index (κ2) is 8.64. The first-order valence-electron chi connectivity index (χ1n) is 2.75. The summed E-state index contributed by atoms with van der Waals surface area (Å²) in [7, 11) is 0. The molecule has 0 aromatic heterocycles. The standard InChI is InChI=1S/C6H6O.CH2O3.Ca/c7-6-4-2-1-3-5-6;2-1(3)4;/h1-5,7H;(H2,2,3,4);/q;;+2/p-2. The SMILES string of the molecule is O=C([O-])[O-].Oc1ccccc1.[Ca+2]. The van der Waals surface area contributed by atoms with E-state index in [-0.39, 0.29) is 37.7 Å². The van der Waals surface area contributed by atoms with Gasteiger partial charge in [-0.2, -0.15) is 0 Å². The summed E-state index contributed by atoms with van der Waals surface area (Å²) < 4.78 is 0. The van der Waals surface area contributed by atoms with E-state index in [1.54, 1.807) is 24.3 Å². The average molecular weight is 194 g/mol. The van der Waals surface area contributed by atoms with Crippen molar-refractivity contribution < 1.29 is 20.1 Å². The van der Waals surface area contributed by atoms with E-state index >= 15 is 0 Å². The summed E-state index contributed by atoms with van der Waals surface area (Å²) in [5.74, 6) is 0.322. The second-order valence-corrected chi connectivity index (χ2v) is 1.59. The van der Waals surface area contributed by atoms with Gasteiger partial charge < -0.3 is 20.1 Å². The molecule has 0 radical (unpaired) electrons. The van der Waals surface area contributed by atoms with Crippen molar-refractivity contribution in [1.29, 1.82) is 0 Å². The Morgan fingerprint density at radius 2 is 1.50 bits per heavy atom. The summed E-state index contributed by atoms with van der Waals surface area (Å²) in [6.45, 7) is 0. The molecule has 0 saturated heterocycles. The van der Waals surface area contributed by atoms with Crippen LogP contribution in [0.5, 0.6) is 5.75 Å². The monoisotopic (exact) mass is 194 g/mol. The van der Waals surface area contributed by atoms with Crippen molar-refractivity contribution in [3.8, 4) is 5.75 Å². The fourth-order valence-electron chi connectivity index (χ4n) is 0.428. The van der Waals surface area contributed by atoms with Gasteiger partial charge in [-0.1, -0.05) is 18.2 Å². The van der Waals surface area contributed by atoms with E-state index in [1.807, 2.05) is 6.07 Å². The Morgan fingerprint density at radius 3 is 1.67 bits per heavy atom. The molecule has 4 nitrogen and oxygen atoms in total. The number of hydrogen-bond donors (Lipinski definition) is 1. The van der Waals surface area contributed by atoms with Crippen LogP contribution in [-0.4, -0.2) is 49.0 Å². The van der Waals surface area contributed by atoms with E-state index < -0.39 is 6.16 Å². The van der Waals surface area contributed by atoms with Gasteiger partial charge in [0.15, 0.2) is 0 Å². The van der Waals surface area contributed by atoms with Crippen LogP contribution in [-0.2, 0) is 0 Å². The van der Waals surface area contributed by atoms with Crippen LogP contribution >= 0.6 is 0 Å². The fourth-order valence-corrected chi connectivity index (χ4v) is 0.428. The summed E-state index contributed by atoms with van der Waals surface area (Å²) in [5, 5.41) is 25.3. The van der Waals surface area contributed by atoms with Gasteiger partial charge in [-0.3, -0.25) is 0 Å². The van der Waals surface area contributed by atoms with Gasteiger partial charge in [0.1, 0.15) is 5.75 Å². The van der Waals surface area contributed by atoms with Gasteiger partial charge in [0, 0.05) is 0 Å². The van der Waals surface area contributed by atoms with Crippen LogP contribution in [0, 0.1) is 0 Å². The normalized spacial score (nSPS) is 7.00. The summed E-state index contributed by atoms with van der Waals surface area (Å²) >= 11 is 0. The Kier molecular flexibility index (Phi) is 10.2. The number of carbonyl (C=O) groups excluding carboxylic acids is 1. The average Bonchev–Trinajstić information content (AvgIpc) is 1.87. The topological polar surface area (TPSA) is 83.4 Å². The van der Waals surface area contributed by atoms with E-state index in [9.17, 15) is 0 Å². The molecular weight excluding hydrogens is 188 g/mol. The van der Waals surface area contributed by atoms with Gasteiger partial charge in [-0.15, -0.1) is 0 Å². The Labute approximate surface area is 99.5 Å². The summed E-state index contributed by atoms with van der Waals surface area (Å²) in [5.41, 5.74) is 0. The van der Waals surface area contributed by atoms with E-state index in [0.29, 0.717) is 5.75 Å². The number of carboxylic acid groups (broad SMARTS) is 2. The Bertz CT molecular complexity index is 208. The van der Waals surface area contributed by atoms with Crippen molar-refractivity contribution in [2.45, 2.75) is 0 Å². The molecule has 0 saturated carbocycles. The molecule has 1 rings (SSSR count). The van der Waals surface area contributed by atoms with Crippen molar-refractivity contribution in [1.82, 2.24) is 0 Å². The van der Waals surface area contributed by atoms with Crippen molar-refractivity contribution in [2.75, 3.05) is 0 Å². The van der Waals surface area contributed by atoms with Gasteiger partial charge in [0.25, 0.3) is 0 Å². The molecule has 1 aromatic carbocycles. The molecule has 0 aliphatic heterocycles. The van der Waals surface area contributed by atoms with Crippen molar-refractivity contribution in [2.24, 2.45) is 0 Å². The Morgan fingerprint density at radius 1 is 1.17 bits per heavy atom. The molecule has 5 heteroatoms. The predicted molar refractivity (Wildman–Crippen MR) is 39.3 cm³/mol. The van der Waals surface area contributed by atoms with E-state index in [2.05, 4.69) is 0 Å². The Balaban J connectivity index is 0. The van der Waals surface area contributed by atoms with Crippen molar-refractivity contribution in [3.63, 3.8) is 0 Å². The molecule has 0 heterocycles. The minimum Gasteiger partial charge on any atom is -0.652 e. The van der Waals surface area contributed by atoms with E-state index in [1.165, 1.54) is 0 Å². The van der Waals surface area contributed by atoms with Crippen molar-refractivity contribution in [3.05, 3.63) is 30.3 Å². The number of rotatable bonds is 0. The molecule has 1 aromatic rings. The van der Waals surface area contributed by atoms with Gasteiger partial charge in [0.2, 0.25) is 0 Å². The Hall–Kier alpha value is -0.450. The molecule has 0 aliphatic rings. The third-order valence-electron chi connectivity index (χ3n) is 0.756. The van der Waals surface area contributed by atoms with Gasteiger partial charge in [-0.05, 0) is 18.3 Å². The predicted octanol–water partition coefficient (Wildman–Crippen LogP) is -1.44. The maximum absolute atomic E-state index is 8.63. The van der Waals surface area contributed by atoms with Crippen LogP contribution in [0.25, 0.3) is 0 Å². The number of phenolic OH excluding ortho intramolecular Hbond substituents is 1. The molecule has 0 amide bonds. The fraction of sp³-hybridized carbons (Fsp3) is 0. The molecule has 0 fully saturated rings. The molecule has 0 atom stereocenters. The third-order valence-corrected chi connectivity index (χ3v) is 0.756.